The third kappa shape index (κ3) is 2.44. The lowest BCUT2D eigenvalue weighted by molar-refractivity contribution is -0.132. The number of allylic oxidation sites excluding steroid dienone is 3. The minimum atomic E-state index is -0.893. The van der Waals surface area contributed by atoms with Gasteiger partial charge in [0.2, 0.25) is 0 Å². The van der Waals surface area contributed by atoms with Crippen LogP contribution in [0, 0.1) is 0 Å². The first-order chi connectivity index (χ1) is 10.6. The molecule has 0 saturated heterocycles. The van der Waals surface area contributed by atoms with Crippen LogP contribution in [0.25, 0.3) is 0 Å². The lowest BCUT2D eigenvalue weighted by Crippen LogP contribution is -2.28. The Balaban J connectivity index is 2.13. The highest BCUT2D eigenvalue weighted by atomic mass is 32.1. The van der Waals surface area contributed by atoms with Crippen LogP contribution in [0.4, 0.5) is 5.69 Å². The molecule has 1 aliphatic rings. The van der Waals surface area contributed by atoms with Crippen LogP contribution in [0.2, 0.25) is 0 Å². The number of nitrogens with zero attached hydrogens (tertiary/aromatic N) is 2. The summed E-state index contributed by atoms with van der Waals surface area (Å²) < 4.78 is 0. The van der Waals surface area contributed by atoms with E-state index in [0.717, 1.165) is 22.6 Å². The number of aromatic nitrogens is 1. The first-order valence-electron chi connectivity index (χ1n) is 6.94. The van der Waals surface area contributed by atoms with Gasteiger partial charge in [0.1, 0.15) is 0 Å². The van der Waals surface area contributed by atoms with Crippen LogP contribution in [-0.2, 0) is 4.79 Å². The first-order valence-corrected chi connectivity index (χ1v) is 7.88. The summed E-state index contributed by atoms with van der Waals surface area (Å²) >= 11 is 1.60. The van der Waals surface area contributed by atoms with E-state index in [4.69, 9.17) is 0 Å². The summed E-state index contributed by atoms with van der Waals surface area (Å²) in [4.78, 5) is 17.9. The van der Waals surface area contributed by atoms with E-state index in [-0.39, 0.29) is 5.92 Å². The van der Waals surface area contributed by atoms with E-state index >= 15 is 0 Å². The molecular weight excluding hydrogens is 296 g/mol. The number of pyridine rings is 1. The van der Waals surface area contributed by atoms with E-state index in [0.29, 0.717) is 5.57 Å². The SMILES string of the molecule is CC1=CC(c2cccnc2)C(C(=O)O)=C(C)N1c1ccsc1. The molecule has 0 fully saturated rings. The zero-order valence-electron chi connectivity index (χ0n) is 12.4. The number of hydrogen-bond donors (Lipinski definition) is 1. The Labute approximate surface area is 133 Å². The van der Waals surface area contributed by atoms with Gasteiger partial charge in [-0.2, -0.15) is 11.3 Å². The van der Waals surface area contributed by atoms with Gasteiger partial charge in [0, 0.05) is 35.1 Å². The summed E-state index contributed by atoms with van der Waals surface area (Å²) in [6.45, 7) is 3.87. The van der Waals surface area contributed by atoms with E-state index in [1.807, 2.05) is 53.8 Å². The monoisotopic (exact) mass is 312 g/mol. The number of carboxylic acids is 1. The van der Waals surface area contributed by atoms with Gasteiger partial charge in [-0.3, -0.25) is 4.98 Å². The van der Waals surface area contributed by atoms with Gasteiger partial charge < -0.3 is 10.0 Å². The van der Waals surface area contributed by atoms with Crippen LogP contribution in [0.3, 0.4) is 0 Å². The van der Waals surface area contributed by atoms with Gasteiger partial charge >= 0.3 is 5.97 Å². The molecule has 4 nitrogen and oxygen atoms in total. The van der Waals surface area contributed by atoms with Crippen molar-refractivity contribution in [3.8, 4) is 0 Å². The average Bonchev–Trinajstić information content (AvgIpc) is 3.01. The molecule has 0 aliphatic carbocycles. The zero-order chi connectivity index (χ0) is 15.7. The summed E-state index contributed by atoms with van der Waals surface area (Å²) in [6, 6.07) is 5.74. The molecule has 1 N–H and O–H groups in total. The molecule has 3 rings (SSSR count). The Morgan fingerprint density at radius 2 is 2.18 bits per heavy atom. The van der Waals surface area contributed by atoms with E-state index < -0.39 is 5.97 Å². The van der Waals surface area contributed by atoms with Crippen LogP contribution in [-0.4, -0.2) is 16.1 Å². The maximum absolute atomic E-state index is 11.8. The number of aliphatic carboxylic acids is 1. The van der Waals surface area contributed by atoms with Gasteiger partial charge in [-0.15, -0.1) is 0 Å². The highest BCUT2D eigenvalue weighted by Gasteiger charge is 2.31. The zero-order valence-corrected chi connectivity index (χ0v) is 13.2. The maximum atomic E-state index is 11.8. The number of carbonyl (C=O) groups is 1. The molecule has 0 bridgehead atoms. The van der Waals surface area contributed by atoms with E-state index in [1.54, 1.807) is 23.7 Å². The number of carboxylic acid groups (broad SMARTS) is 1. The summed E-state index contributed by atoms with van der Waals surface area (Å²) in [5, 5.41) is 13.7. The fourth-order valence-electron chi connectivity index (χ4n) is 2.90. The number of rotatable bonds is 3. The predicted octanol–water partition coefficient (Wildman–Crippen LogP) is 4.01. The fraction of sp³-hybridized carbons (Fsp3) is 0.176. The van der Waals surface area contributed by atoms with Crippen molar-refractivity contribution in [3.63, 3.8) is 0 Å². The van der Waals surface area contributed by atoms with Crippen LogP contribution in [0.1, 0.15) is 25.3 Å². The minimum Gasteiger partial charge on any atom is -0.478 e. The van der Waals surface area contributed by atoms with Crippen molar-refractivity contribution < 1.29 is 9.90 Å². The molecule has 0 aromatic carbocycles. The average molecular weight is 312 g/mol. The smallest absolute Gasteiger partial charge is 0.334 e. The summed E-state index contributed by atoms with van der Waals surface area (Å²) in [7, 11) is 0. The molecule has 1 unspecified atom stereocenters. The lowest BCUT2D eigenvalue weighted by atomic mass is 9.87. The maximum Gasteiger partial charge on any atom is 0.334 e. The molecule has 5 heteroatoms. The molecule has 0 saturated carbocycles. The van der Waals surface area contributed by atoms with Crippen LogP contribution in [0.5, 0.6) is 0 Å². The number of anilines is 1. The standard InChI is InChI=1S/C17H16N2O2S/c1-11-8-15(13-4-3-6-18-9-13)16(17(20)21)12(2)19(11)14-5-7-22-10-14/h3-10,15H,1-2H3,(H,20,21). The Kier molecular flexibility index (Phi) is 3.81. The van der Waals surface area contributed by atoms with Crippen molar-refractivity contribution in [1.82, 2.24) is 4.98 Å². The van der Waals surface area contributed by atoms with Crippen molar-refractivity contribution in [2.45, 2.75) is 19.8 Å². The second-order valence-electron chi connectivity index (χ2n) is 5.19. The van der Waals surface area contributed by atoms with Crippen LogP contribution in [0.15, 0.2) is 64.4 Å². The van der Waals surface area contributed by atoms with Gasteiger partial charge in [-0.05, 0) is 36.9 Å². The summed E-state index contributed by atoms with van der Waals surface area (Å²) in [6.07, 6.45) is 5.41. The lowest BCUT2D eigenvalue weighted by Gasteiger charge is -2.33. The number of thiophene rings is 1. The van der Waals surface area contributed by atoms with E-state index in [2.05, 4.69) is 4.98 Å². The van der Waals surface area contributed by atoms with Crippen molar-refractivity contribution >= 4 is 23.0 Å². The first kappa shape index (κ1) is 14.5. The van der Waals surface area contributed by atoms with E-state index in [9.17, 15) is 9.90 Å². The summed E-state index contributed by atoms with van der Waals surface area (Å²) in [5.41, 5.74) is 4.06. The summed E-state index contributed by atoms with van der Waals surface area (Å²) in [5.74, 6) is -1.17. The highest BCUT2D eigenvalue weighted by Crippen LogP contribution is 2.39. The molecule has 22 heavy (non-hydrogen) atoms. The molecule has 0 amide bonds. The second-order valence-corrected chi connectivity index (χ2v) is 5.97. The van der Waals surface area contributed by atoms with Gasteiger partial charge in [-0.25, -0.2) is 4.79 Å². The molecule has 1 aliphatic heterocycles. The van der Waals surface area contributed by atoms with Crippen molar-refractivity contribution in [1.29, 1.82) is 0 Å². The van der Waals surface area contributed by atoms with Crippen molar-refractivity contribution in [2.24, 2.45) is 0 Å². The Bertz CT molecular complexity index is 748. The van der Waals surface area contributed by atoms with Gasteiger partial charge in [0.15, 0.2) is 0 Å². The molecule has 2 aromatic heterocycles. The Morgan fingerprint density at radius 3 is 2.77 bits per heavy atom. The highest BCUT2D eigenvalue weighted by molar-refractivity contribution is 7.08. The third-order valence-electron chi connectivity index (χ3n) is 3.84. The number of hydrogen-bond acceptors (Lipinski definition) is 4. The molecule has 3 heterocycles. The van der Waals surface area contributed by atoms with Crippen molar-refractivity contribution in [3.05, 3.63) is 70.0 Å². The van der Waals surface area contributed by atoms with Crippen LogP contribution >= 0.6 is 11.3 Å². The van der Waals surface area contributed by atoms with Gasteiger partial charge in [0.05, 0.1) is 11.3 Å². The minimum absolute atomic E-state index is 0.277. The normalized spacial score (nSPS) is 18.4. The largest absolute Gasteiger partial charge is 0.478 e. The molecule has 2 aromatic rings. The van der Waals surface area contributed by atoms with Crippen LogP contribution < -0.4 is 4.90 Å². The van der Waals surface area contributed by atoms with Crippen molar-refractivity contribution in [2.75, 3.05) is 4.90 Å². The second kappa shape index (κ2) is 5.77. The van der Waals surface area contributed by atoms with E-state index in [1.165, 1.54) is 0 Å². The molecular formula is C17H16N2O2S. The fourth-order valence-corrected chi connectivity index (χ4v) is 3.52. The topological polar surface area (TPSA) is 53.4 Å². The molecule has 0 radical (unpaired) electrons. The quantitative estimate of drug-likeness (QED) is 0.930. The Morgan fingerprint density at radius 1 is 1.36 bits per heavy atom. The predicted molar refractivity (Wildman–Crippen MR) is 87.9 cm³/mol. The third-order valence-corrected chi connectivity index (χ3v) is 4.51. The molecule has 1 atom stereocenters. The molecule has 0 spiro atoms. The Hall–Kier alpha value is -2.40. The van der Waals surface area contributed by atoms with Gasteiger partial charge in [0.25, 0.3) is 0 Å². The molecule has 112 valence electrons. The van der Waals surface area contributed by atoms with Gasteiger partial charge in [-0.1, -0.05) is 12.1 Å².